The van der Waals surface area contributed by atoms with E-state index >= 15 is 0 Å². The smallest absolute Gasteiger partial charge is 0.232 e. The fourth-order valence-corrected chi connectivity index (χ4v) is 5.39. The molecule has 4 heterocycles. The third kappa shape index (κ3) is 6.70. The number of hydrogen-bond acceptors (Lipinski definition) is 10. The molecule has 0 unspecified atom stereocenters. The van der Waals surface area contributed by atoms with Crippen LogP contribution in [0.1, 0.15) is 27.8 Å². The molecule has 4 aromatic heterocycles. The minimum atomic E-state index is -0.158. The normalized spacial score (nSPS) is 16.6. The minimum Gasteiger partial charge on any atom is -0.300 e. The molecule has 0 spiro atoms. The van der Waals surface area contributed by atoms with E-state index in [0.717, 1.165) is 29.3 Å². The van der Waals surface area contributed by atoms with E-state index in [2.05, 4.69) is 41.0 Å². The SMILES string of the molecule is O=C(Cc1ccccn1)Nc1nnc(C[C@@H]2C[C@H]2Cc2nnc(NC(=O)Cc3ccccn3)s2)s1. The Bertz CT molecular complexity index is 1200. The summed E-state index contributed by atoms with van der Waals surface area (Å²) in [6.07, 6.45) is 6.47. The predicted molar refractivity (Wildman–Crippen MR) is 132 cm³/mol. The van der Waals surface area contributed by atoms with Crippen LogP contribution >= 0.6 is 22.7 Å². The molecule has 10 nitrogen and oxygen atoms in total. The van der Waals surface area contributed by atoms with Crippen LogP contribution in [-0.4, -0.2) is 42.2 Å². The number of aromatic nitrogens is 6. The summed E-state index contributed by atoms with van der Waals surface area (Å²) in [4.78, 5) is 32.7. The van der Waals surface area contributed by atoms with E-state index in [1.807, 2.05) is 36.4 Å². The zero-order chi connectivity index (χ0) is 24.0. The molecule has 12 heteroatoms. The maximum absolute atomic E-state index is 12.2. The van der Waals surface area contributed by atoms with Gasteiger partial charge in [0.05, 0.1) is 12.8 Å². The number of pyridine rings is 2. The first kappa shape index (κ1) is 23.1. The second kappa shape index (κ2) is 10.7. The van der Waals surface area contributed by atoms with Crippen LogP contribution in [0.15, 0.2) is 48.8 Å². The maximum Gasteiger partial charge on any atom is 0.232 e. The summed E-state index contributed by atoms with van der Waals surface area (Å²) in [5.41, 5.74) is 1.42. The topological polar surface area (TPSA) is 136 Å². The van der Waals surface area contributed by atoms with Gasteiger partial charge in [-0.1, -0.05) is 34.8 Å². The van der Waals surface area contributed by atoms with Crippen LogP contribution in [0.25, 0.3) is 0 Å². The summed E-state index contributed by atoms with van der Waals surface area (Å²) in [5, 5.41) is 25.1. The van der Waals surface area contributed by atoms with Crippen molar-refractivity contribution in [1.29, 1.82) is 0 Å². The molecular weight excluding hydrogens is 484 g/mol. The standard InChI is InChI=1S/C23H22N8O2S2/c32-18(12-16-5-1-3-7-24-16)26-22-30-28-20(34-22)10-14-9-15(14)11-21-29-31-23(35-21)27-19(33)13-17-6-2-4-8-25-17/h1-8,14-15H,9-13H2,(H,26,30,32)(H,27,31,33)/t14-,15-/m0/s1. The zero-order valence-corrected chi connectivity index (χ0v) is 20.3. The van der Waals surface area contributed by atoms with Gasteiger partial charge in [0.1, 0.15) is 10.0 Å². The molecule has 1 aliphatic rings. The molecule has 0 saturated heterocycles. The van der Waals surface area contributed by atoms with Gasteiger partial charge >= 0.3 is 0 Å². The van der Waals surface area contributed by atoms with Crippen molar-refractivity contribution in [3.8, 4) is 0 Å². The number of carbonyl (C=O) groups excluding carboxylic acids is 2. The molecule has 1 fully saturated rings. The summed E-state index contributed by atoms with van der Waals surface area (Å²) in [7, 11) is 0. The highest BCUT2D eigenvalue weighted by Crippen LogP contribution is 2.44. The number of anilines is 2. The van der Waals surface area contributed by atoms with Gasteiger partial charge in [0.2, 0.25) is 22.1 Å². The highest BCUT2D eigenvalue weighted by molar-refractivity contribution is 7.15. The Labute approximate surface area is 209 Å². The largest absolute Gasteiger partial charge is 0.300 e. The number of amides is 2. The average Bonchev–Trinajstić information content (AvgIpc) is 3.18. The fraction of sp³-hybridized carbons (Fsp3) is 0.304. The lowest BCUT2D eigenvalue weighted by molar-refractivity contribution is -0.116. The van der Waals surface area contributed by atoms with Crippen LogP contribution in [0, 0.1) is 11.8 Å². The van der Waals surface area contributed by atoms with Crippen molar-refractivity contribution in [3.63, 3.8) is 0 Å². The number of rotatable bonds is 10. The van der Waals surface area contributed by atoms with E-state index in [4.69, 9.17) is 0 Å². The second-order valence-corrected chi connectivity index (χ2v) is 10.4. The van der Waals surface area contributed by atoms with Gasteiger partial charge in [0, 0.05) is 36.6 Å². The van der Waals surface area contributed by atoms with Gasteiger partial charge in [-0.2, -0.15) is 0 Å². The summed E-state index contributed by atoms with van der Waals surface area (Å²) in [6, 6.07) is 11.0. The van der Waals surface area contributed by atoms with Crippen LogP contribution < -0.4 is 10.6 Å². The highest BCUT2D eigenvalue weighted by Gasteiger charge is 2.38. The monoisotopic (exact) mass is 506 g/mol. The van der Waals surface area contributed by atoms with Gasteiger partial charge in [-0.15, -0.1) is 20.4 Å². The number of nitrogens with one attached hydrogen (secondary N) is 2. The molecule has 1 aliphatic carbocycles. The van der Waals surface area contributed by atoms with E-state index in [0.29, 0.717) is 33.5 Å². The first-order valence-corrected chi connectivity index (χ1v) is 12.8. The van der Waals surface area contributed by atoms with Crippen LogP contribution in [0.3, 0.4) is 0 Å². The molecule has 35 heavy (non-hydrogen) atoms. The highest BCUT2D eigenvalue weighted by atomic mass is 32.1. The van der Waals surface area contributed by atoms with E-state index < -0.39 is 0 Å². The minimum absolute atomic E-state index is 0.158. The molecule has 5 rings (SSSR count). The van der Waals surface area contributed by atoms with Crippen molar-refractivity contribution in [1.82, 2.24) is 30.4 Å². The van der Waals surface area contributed by atoms with Crippen LogP contribution in [0.2, 0.25) is 0 Å². The van der Waals surface area contributed by atoms with Crippen molar-refractivity contribution in [2.75, 3.05) is 10.6 Å². The summed E-state index contributed by atoms with van der Waals surface area (Å²) in [6.45, 7) is 0. The van der Waals surface area contributed by atoms with E-state index in [1.54, 1.807) is 12.4 Å². The molecule has 0 aliphatic heterocycles. The van der Waals surface area contributed by atoms with Gasteiger partial charge in [-0.25, -0.2) is 0 Å². The number of carbonyl (C=O) groups is 2. The molecule has 2 amide bonds. The maximum atomic E-state index is 12.2. The van der Waals surface area contributed by atoms with Crippen LogP contribution in [-0.2, 0) is 35.3 Å². The number of hydrogen-bond donors (Lipinski definition) is 2. The van der Waals surface area contributed by atoms with Gasteiger partial charge in [0.15, 0.2) is 0 Å². The molecule has 2 N–H and O–H groups in total. The molecule has 178 valence electrons. The molecule has 1 saturated carbocycles. The number of nitrogens with zero attached hydrogens (tertiary/aromatic N) is 6. The zero-order valence-electron chi connectivity index (χ0n) is 18.6. The van der Waals surface area contributed by atoms with Crippen molar-refractivity contribution in [2.45, 2.75) is 32.1 Å². The first-order valence-electron chi connectivity index (χ1n) is 11.1. The van der Waals surface area contributed by atoms with E-state index in [9.17, 15) is 9.59 Å². The van der Waals surface area contributed by atoms with Crippen LogP contribution in [0.5, 0.6) is 0 Å². The first-order chi connectivity index (χ1) is 17.1. The molecule has 0 bridgehead atoms. The van der Waals surface area contributed by atoms with Gasteiger partial charge < -0.3 is 10.6 Å². The van der Waals surface area contributed by atoms with E-state index in [1.165, 1.54) is 22.7 Å². The quantitative estimate of drug-likeness (QED) is 0.335. The molecule has 0 aromatic carbocycles. The Balaban J connectivity index is 1.05. The summed E-state index contributed by atoms with van der Waals surface area (Å²) >= 11 is 2.81. The molecule has 0 radical (unpaired) electrons. The lowest BCUT2D eigenvalue weighted by atomic mass is 10.2. The van der Waals surface area contributed by atoms with Crippen molar-refractivity contribution >= 4 is 44.8 Å². The molecule has 2 atom stereocenters. The average molecular weight is 507 g/mol. The van der Waals surface area contributed by atoms with Gasteiger partial charge in [-0.3, -0.25) is 19.6 Å². The van der Waals surface area contributed by atoms with Crippen molar-refractivity contribution in [2.24, 2.45) is 11.8 Å². The van der Waals surface area contributed by atoms with Crippen LogP contribution in [0.4, 0.5) is 10.3 Å². The fourth-order valence-electron chi connectivity index (χ4n) is 3.69. The van der Waals surface area contributed by atoms with E-state index in [-0.39, 0.29) is 24.7 Å². The van der Waals surface area contributed by atoms with Gasteiger partial charge in [-0.05, 0) is 42.5 Å². The summed E-state index contributed by atoms with van der Waals surface area (Å²) in [5.74, 6) is 0.696. The van der Waals surface area contributed by atoms with Crippen molar-refractivity contribution in [3.05, 3.63) is 70.2 Å². The Kier molecular flexibility index (Phi) is 7.09. The Morgan fingerprint density at radius 3 is 1.66 bits per heavy atom. The lowest BCUT2D eigenvalue weighted by Gasteiger charge is -2.00. The third-order valence-electron chi connectivity index (χ3n) is 5.50. The summed E-state index contributed by atoms with van der Waals surface area (Å²) < 4.78 is 0. The lowest BCUT2D eigenvalue weighted by Crippen LogP contribution is -2.14. The molecule has 4 aromatic rings. The predicted octanol–water partition coefficient (Wildman–Crippen LogP) is 2.96. The van der Waals surface area contributed by atoms with Gasteiger partial charge in [0.25, 0.3) is 0 Å². The third-order valence-corrected chi connectivity index (χ3v) is 7.23. The molecular formula is C23H22N8O2S2. The Hall–Kier alpha value is -3.64. The Morgan fingerprint density at radius 1 is 0.743 bits per heavy atom. The van der Waals surface area contributed by atoms with Crippen molar-refractivity contribution < 1.29 is 9.59 Å². The second-order valence-electron chi connectivity index (χ2n) is 8.26. The Morgan fingerprint density at radius 2 is 1.23 bits per heavy atom.